The quantitative estimate of drug-likeness (QED) is 0.0748. The summed E-state index contributed by atoms with van der Waals surface area (Å²) < 4.78 is 56.3. The third kappa shape index (κ3) is 10.2. The molecule has 2 aromatic carbocycles. The number of fused-ring (bicyclic) bond motifs is 2. The highest BCUT2D eigenvalue weighted by atomic mass is 32.1. The van der Waals surface area contributed by atoms with E-state index in [2.05, 4.69) is 20.9 Å². The maximum atomic E-state index is 14.9. The molecular formula is C37H41F2N5O9S. The Bertz CT molecular complexity index is 1810. The topological polar surface area (TPSA) is 167 Å². The van der Waals surface area contributed by atoms with Gasteiger partial charge in [0.15, 0.2) is 23.3 Å². The van der Waals surface area contributed by atoms with E-state index in [1.807, 2.05) is 0 Å². The van der Waals surface area contributed by atoms with Crippen molar-refractivity contribution in [1.82, 2.24) is 15.6 Å². The van der Waals surface area contributed by atoms with Crippen molar-refractivity contribution in [1.29, 1.82) is 0 Å². The van der Waals surface area contributed by atoms with Crippen LogP contribution in [0.5, 0.6) is 5.75 Å². The lowest BCUT2D eigenvalue weighted by Gasteiger charge is -2.34. The van der Waals surface area contributed by atoms with Gasteiger partial charge in [0.1, 0.15) is 6.61 Å². The number of nitrogens with one attached hydrogen (secondary N) is 3. The van der Waals surface area contributed by atoms with Crippen LogP contribution in [0.25, 0.3) is 11.3 Å². The van der Waals surface area contributed by atoms with Gasteiger partial charge in [-0.25, -0.2) is 9.37 Å². The zero-order valence-corrected chi connectivity index (χ0v) is 30.2. The molecule has 3 saturated heterocycles. The molecule has 4 heterocycles. The summed E-state index contributed by atoms with van der Waals surface area (Å²) in [6.07, 6.45) is 5.26. The molecule has 3 aromatic rings. The number of anilines is 2. The summed E-state index contributed by atoms with van der Waals surface area (Å²) in [4.78, 5) is 54.9. The Hall–Kier alpha value is -4.97. The highest BCUT2D eigenvalue weighted by Crippen LogP contribution is 2.40. The second kappa shape index (κ2) is 18.9. The molecule has 1 aromatic heterocycles. The van der Waals surface area contributed by atoms with Crippen molar-refractivity contribution in [3.63, 3.8) is 0 Å². The number of imide groups is 1. The minimum absolute atomic E-state index is 0.165. The van der Waals surface area contributed by atoms with E-state index in [0.717, 1.165) is 29.6 Å². The van der Waals surface area contributed by atoms with Crippen LogP contribution in [0.3, 0.4) is 0 Å². The molecule has 4 amide bonds. The van der Waals surface area contributed by atoms with Crippen molar-refractivity contribution in [2.75, 3.05) is 69.6 Å². The van der Waals surface area contributed by atoms with E-state index >= 15 is 0 Å². The minimum atomic E-state index is -1.19. The maximum absolute atomic E-state index is 14.9. The molecule has 3 aliphatic rings. The summed E-state index contributed by atoms with van der Waals surface area (Å²) in [5.74, 6) is -4.58. The molecule has 3 N–H and O–H groups in total. The summed E-state index contributed by atoms with van der Waals surface area (Å²) in [6, 6.07) is 9.75. The second-order valence-electron chi connectivity index (χ2n) is 12.7. The van der Waals surface area contributed by atoms with Crippen molar-refractivity contribution >= 4 is 45.8 Å². The van der Waals surface area contributed by atoms with Crippen LogP contribution >= 0.6 is 11.3 Å². The first-order chi connectivity index (χ1) is 26.3. The lowest BCUT2D eigenvalue weighted by atomic mass is 9.90. The lowest BCUT2D eigenvalue weighted by Crippen LogP contribution is -2.45. The van der Waals surface area contributed by atoms with Crippen molar-refractivity contribution in [2.45, 2.75) is 43.7 Å². The van der Waals surface area contributed by atoms with E-state index in [-0.39, 0.29) is 74.8 Å². The number of benzene rings is 2. The first-order valence-corrected chi connectivity index (χ1v) is 18.5. The van der Waals surface area contributed by atoms with Gasteiger partial charge in [0, 0.05) is 35.7 Å². The molecule has 3 unspecified atom stereocenters. The van der Waals surface area contributed by atoms with Gasteiger partial charge in [0.25, 0.3) is 11.8 Å². The van der Waals surface area contributed by atoms with Crippen LogP contribution in [-0.2, 0) is 38.1 Å². The number of morpholine rings is 1. The normalized spacial score (nSPS) is 19.5. The Morgan fingerprint density at radius 1 is 0.981 bits per heavy atom. The Morgan fingerprint density at radius 3 is 2.48 bits per heavy atom. The van der Waals surface area contributed by atoms with E-state index < -0.39 is 36.0 Å². The summed E-state index contributed by atoms with van der Waals surface area (Å²) in [5.41, 5.74) is 2.00. The highest BCUT2D eigenvalue weighted by Gasteiger charge is 2.39. The van der Waals surface area contributed by atoms with Crippen LogP contribution in [0.1, 0.15) is 37.2 Å². The highest BCUT2D eigenvalue weighted by molar-refractivity contribution is 7.14. The summed E-state index contributed by atoms with van der Waals surface area (Å²) in [6.45, 7) is 2.07. The standard InChI is InChI=1S/C37H41F2N5O9S/c38-29-9-7-28(30-22-54-37(42-30)44-25-5-6-26(44)20-52-19-25)35(34(29)39)53-21-33(47)40-12-14-50-16-18-51-17-15-49-13-11-32(46)41-24-3-1-23(2-4-24)27-8-10-31(45)43-36(27)48/h1-4,7,9,11,13,22,25-27H,5-6,8,10,12,14-21H2,(H,40,47)(H,41,46)(H,43,45,48). The molecule has 3 atom stereocenters. The molecule has 2 bridgehead atoms. The summed E-state index contributed by atoms with van der Waals surface area (Å²) in [7, 11) is 0. The van der Waals surface area contributed by atoms with Crippen molar-refractivity contribution in [3.05, 3.63) is 71.3 Å². The van der Waals surface area contributed by atoms with Crippen molar-refractivity contribution < 1.29 is 51.6 Å². The first-order valence-electron chi connectivity index (χ1n) is 17.6. The molecular weight excluding hydrogens is 728 g/mol. The van der Waals surface area contributed by atoms with E-state index in [9.17, 15) is 28.0 Å². The predicted molar refractivity (Wildman–Crippen MR) is 193 cm³/mol. The van der Waals surface area contributed by atoms with Crippen LogP contribution in [0.2, 0.25) is 0 Å². The maximum Gasteiger partial charge on any atom is 0.258 e. The molecule has 0 spiro atoms. The largest absolute Gasteiger partial charge is 0.499 e. The molecule has 0 radical (unpaired) electrons. The average molecular weight is 770 g/mol. The van der Waals surface area contributed by atoms with Gasteiger partial charge in [0.2, 0.25) is 17.6 Å². The Balaban J connectivity index is 0.810. The Kier molecular flexibility index (Phi) is 13.5. The lowest BCUT2D eigenvalue weighted by molar-refractivity contribution is -0.134. The van der Waals surface area contributed by atoms with E-state index in [1.165, 1.54) is 29.7 Å². The molecule has 17 heteroatoms. The van der Waals surface area contributed by atoms with Gasteiger partial charge in [-0.15, -0.1) is 11.3 Å². The third-order valence-electron chi connectivity index (χ3n) is 9.05. The van der Waals surface area contributed by atoms with Gasteiger partial charge >= 0.3 is 0 Å². The summed E-state index contributed by atoms with van der Waals surface area (Å²) in [5, 5.41) is 10.2. The molecule has 288 valence electrons. The van der Waals surface area contributed by atoms with Gasteiger partial charge in [-0.3, -0.25) is 24.5 Å². The SMILES string of the molecule is O=C(C=COCCOCCOCCNC(=O)COc1c(-c2csc(N3C4CCC3COC4)n2)ccc(F)c1F)Nc1ccc(C2CCC(=O)NC2=O)cc1. The summed E-state index contributed by atoms with van der Waals surface area (Å²) >= 11 is 1.42. The van der Waals surface area contributed by atoms with Crippen LogP contribution in [0.4, 0.5) is 19.6 Å². The number of hydrogen-bond donors (Lipinski definition) is 3. The number of thiazole rings is 1. The van der Waals surface area contributed by atoms with Gasteiger partial charge in [0.05, 0.1) is 69.6 Å². The van der Waals surface area contributed by atoms with Gasteiger partial charge in [-0.05, 0) is 49.1 Å². The van der Waals surface area contributed by atoms with Crippen molar-refractivity contribution in [3.8, 4) is 17.0 Å². The van der Waals surface area contributed by atoms with E-state index in [4.69, 9.17) is 28.7 Å². The van der Waals surface area contributed by atoms with Crippen LogP contribution in [0.15, 0.2) is 54.1 Å². The zero-order chi connectivity index (χ0) is 37.9. The number of aromatic nitrogens is 1. The number of carbonyl (C=O) groups is 4. The van der Waals surface area contributed by atoms with Gasteiger partial charge in [-0.2, -0.15) is 4.39 Å². The number of amides is 4. The fourth-order valence-corrected chi connectivity index (χ4v) is 7.34. The molecule has 0 aliphatic carbocycles. The molecule has 3 aliphatic heterocycles. The predicted octanol–water partition coefficient (Wildman–Crippen LogP) is 3.67. The average Bonchev–Trinajstić information content (AvgIpc) is 3.73. The van der Waals surface area contributed by atoms with Crippen molar-refractivity contribution in [2.24, 2.45) is 0 Å². The number of carbonyl (C=O) groups excluding carboxylic acids is 4. The number of hydrogen-bond acceptors (Lipinski definition) is 12. The number of nitrogens with zero attached hydrogens (tertiary/aromatic N) is 2. The Labute approximate surface area is 314 Å². The van der Waals surface area contributed by atoms with E-state index in [0.29, 0.717) is 37.4 Å². The van der Waals surface area contributed by atoms with Crippen LogP contribution < -0.4 is 25.6 Å². The number of piperidine rings is 1. The second-order valence-corrected chi connectivity index (χ2v) is 13.6. The number of ether oxygens (including phenoxy) is 5. The zero-order valence-electron chi connectivity index (χ0n) is 29.4. The molecule has 0 saturated carbocycles. The fraction of sp³-hybridized carbons (Fsp3) is 0.432. The number of rotatable bonds is 18. The molecule has 6 rings (SSSR count). The molecule has 14 nitrogen and oxygen atoms in total. The van der Waals surface area contributed by atoms with Gasteiger partial charge < -0.3 is 39.2 Å². The molecule has 3 fully saturated rings. The number of halogens is 2. The third-order valence-corrected chi connectivity index (χ3v) is 9.90. The monoisotopic (exact) mass is 769 g/mol. The molecule has 54 heavy (non-hydrogen) atoms. The fourth-order valence-electron chi connectivity index (χ4n) is 6.37. The van der Waals surface area contributed by atoms with Crippen LogP contribution in [-0.4, -0.2) is 100 Å². The van der Waals surface area contributed by atoms with Crippen LogP contribution in [0, 0.1) is 11.6 Å². The van der Waals surface area contributed by atoms with Gasteiger partial charge in [-0.1, -0.05) is 12.1 Å². The Morgan fingerprint density at radius 2 is 1.72 bits per heavy atom. The first kappa shape index (κ1) is 38.7. The minimum Gasteiger partial charge on any atom is -0.499 e. The smallest absolute Gasteiger partial charge is 0.258 e. The van der Waals surface area contributed by atoms with E-state index in [1.54, 1.807) is 29.6 Å².